The number of aromatic nitrogens is 3. The van der Waals surface area contributed by atoms with E-state index in [-0.39, 0.29) is 11.0 Å². The molecule has 7 heteroatoms. The summed E-state index contributed by atoms with van der Waals surface area (Å²) < 4.78 is 0. The summed E-state index contributed by atoms with van der Waals surface area (Å²) >= 11 is 5.55. The van der Waals surface area contributed by atoms with E-state index in [0.29, 0.717) is 0 Å². The van der Waals surface area contributed by atoms with Crippen LogP contribution in [0.5, 0.6) is 0 Å². The number of carbonyl (C=O) groups is 1. The molecular weight excluding hydrogens is 502 g/mol. The molecule has 5 rings (SSSR count). The van der Waals surface area contributed by atoms with Gasteiger partial charge in [0.1, 0.15) is 11.0 Å². The normalized spacial score (nSPS) is 11.1. The van der Waals surface area contributed by atoms with Crippen molar-refractivity contribution < 1.29 is 4.79 Å². The minimum absolute atomic E-state index is 0.197. The maximum absolute atomic E-state index is 13.4. The second kappa shape index (κ2) is 12.0. The van der Waals surface area contributed by atoms with Crippen molar-refractivity contribution in [3.8, 4) is 5.69 Å². The van der Waals surface area contributed by atoms with Crippen molar-refractivity contribution in [2.24, 2.45) is 0 Å². The molecule has 4 aromatic carbocycles. The summed E-state index contributed by atoms with van der Waals surface area (Å²) in [5.41, 5.74) is 7.27. The number of nitrogens with zero attached hydrogens (tertiary/aromatic N) is 3. The molecule has 1 amide bonds. The van der Waals surface area contributed by atoms with Crippen molar-refractivity contribution in [3.63, 3.8) is 0 Å². The van der Waals surface area contributed by atoms with Crippen molar-refractivity contribution in [1.29, 1.82) is 0 Å². The topological polar surface area (TPSA) is 71.8 Å². The second-order valence-electron chi connectivity index (χ2n) is 9.61. The number of fused-ring (bicyclic) bond motifs is 1. The summed E-state index contributed by atoms with van der Waals surface area (Å²) in [7, 11) is 0. The van der Waals surface area contributed by atoms with Gasteiger partial charge >= 0.3 is 0 Å². The van der Waals surface area contributed by atoms with E-state index in [1.807, 2.05) is 79.7 Å². The zero-order valence-corrected chi connectivity index (χ0v) is 22.9. The SMILES string of the molecule is CCCCc1ccc(-n2nc3cc(C)c(NC(=S)NC(=O)C(c4ccccc4)c4ccccc4)cc3n2)cc1. The molecule has 0 aliphatic rings. The number of amides is 1. The number of nitrogens with one attached hydrogen (secondary N) is 2. The van der Waals surface area contributed by atoms with Gasteiger partial charge in [-0.1, -0.05) is 86.1 Å². The monoisotopic (exact) mass is 533 g/mol. The number of hydrogen-bond acceptors (Lipinski definition) is 4. The Balaban J connectivity index is 1.32. The van der Waals surface area contributed by atoms with Crippen LogP contribution in [0.4, 0.5) is 5.69 Å². The highest BCUT2D eigenvalue weighted by atomic mass is 32.1. The van der Waals surface area contributed by atoms with Crippen LogP contribution in [0.3, 0.4) is 0 Å². The molecule has 0 aliphatic heterocycles. The zero-order valence-electron chi connectivity index (χ0n) is 22.1. The number of benzene rings is 4. The van der Waals surface area contributed by atoms with Crippen LogP contribution < -0.4 is 10.6 Å². The van der Waals surface area contributed by atoms with E-state index in [0.717, 1.165) is 45.5 Å². The van der Waals surface area contributed by atoms with Gasteiger partial charge in [-0.15, -0.1) is 10.2 Å². The van der Waals surface area contributed by atoms with Crippen molar-refractivity contribution in [1.82, 2.24) is 20.3 Å². The van der Waals surface area contributed by atoms with E-state index in [4.69, 9.17) is 12.2 Å². The molecule has 2 N–H and O–H groups in total. The standard InChI is InChI=1S/C32H31N5OS/c1-3-4-11-23-16-18-26(19-17-23)37-35-28-20-22(2)27(21-29(28)36-37)33-32(39)34-31(38)30(24-12-7-5-8-13-24)25-14-9-6-10-15-25/h5-10,12-21,30H,3-4,11H2,1-2H3,(H2,33,34,38,39). The van der Waals surface area contributed by atoms with Crippen LogP contribution >= 0.6 is 12.2 Å². The van der Waals surface area contributed by atoms with Crippen LogP contribution in [0, 0.1) is 6.92 Å². The van der Waals surface area contributed by atoms with E-state index in [9.17, 15) is 4.79 Å². The van der Waals surface area contributed by atoms with E-state index in [2.05, 4.69) is 52.0 Å². The molecule has 6 nitrogen and oxygen atoms in total. The molecule has 0 radical (unpaired) electrons. The maximum Gasteiger partial charge on any atom is 0.238 e. The predicted molar refractivity (Wildman–Crippen MR) is 161 cm³/mol. The van der Waals surface area contributed by atoms with Gasteiger partial charge in [0.05, 0.1) is 11.6 Å². The Morgan fingerprint density at radius 1 is 0.872 bits per heavy atom. The van der Waals surface area contributed by atoms with E-state index < -0.39 is 5.92 Å². The maximum atomic E-state index is 13.4. The quantitative estimate of drug-likeness (QED) is 0.217. The molecule has 39 heavy (non-hydrogen) atoms. The molecule has 0 unspecified atom stereocenters. The Morgan fingerprint density at radius 2 is 1.46 bits per heavy atom. The Labute approximate surface area is 234 Å². The van der Waals surface area contributed by atoms with Gasteiger partial charge in [-0.05, 0) is 78.5 Å². The molecule has 0 fully saturated rings. The van der Waals surface area contributed by atoms with Gasteiger partial charge in [0.15, 0.2) is 5.11 Å². The highest BCUT2D eigenvalue weighted by Crippen LogP contribution is 2.26. The molecule has 0 aliphatic carbocycles. The van der Waals surface area contributed by atoms with E-state index >= 15 is 0 Å². The Morgan fingerprint density at radius 3 is 2.05 bits per heavy atom. The number of rotatable bonds is 8. The van der Waals surface area contributed by atoms with Gasteiger partial charge < -0.3 is 10.6 Å². The van der Waals surface area contributed by atoms with Gasteiger partial charge in [0.25, 0.3) is 0 Å². The lowest BCUT2D eigenvalue weighted by atomic mass is 9.90. The number of carbonyl (C=O) groups excluding carboxylic acids is 1. The number of thiocarbonyl (C=S) groups is 1. The van der Waals surface area contributed by atoms with Gasteiger partial charge in [-0.3, -0.25) is 4.79 Å². The third kappa shape index (κ3) is 6.21. The fourth-order valence-corrected chi connectivity index (χ4v) is 4.83. The van der Waals surface area contributed by atoms with Gasteiger partial charge in [0, 0.05) is 5.69 Å². The fourth-order valence-electron chi connectivity index (χ4n) is 4.62. The number of hydrogen-bond donors (Lipinski definition) is 2. The van der Waals surface area contributed by atoms with Gasteiger partial charge in [-0.25, -0.2) is 0 Å². The smallest absolute Gasteiger partial charge is 0.238 e. The van der Waals surface area contributed by atoms with E-state index in [1.165, 1.54) is 18.4 Å². The summed E-state index contributed by atoms with van der Waals surface area (Å²) in [5.74, 6) is -0.680. The average molecular weight is 534 g/mol. The highest BCUT2D eigenvalue weighted by Gasteiger charge is 2.23. The summed E-state index contributed by atoms with van der Waals surface area (Å²) in [4.78, 5) is 15.1. The number of unbranched alkanes of at least 4 members (excludes halogenated alkanes) is 1. The lowest BCUT2D eigenvalue weighted by molar-refractivity contribution is -0.120. The minimum Gasteiger partial charge on any atom is -0.332 e. The third-order valence-corrected chi connectivity index (χ3v) is 6.93. The third-order valence-electron chi connectivity index (χ3n) is 6.73. The summed E-state index contributed by atoms with van der Waals surface area (Å²) in [5, 5.41) is 15.7. The molecule has 0 saturated carbocycles. The Hall–Kier alpha value is -4.36. The minimum atomic E-state index is -0.482. The summed E-state index contributed by atoms with van der Waals surface area (Å²) in [6, 6.07) is 31.7. The van der Waals surface area contributed by atoms with Crippen molar-refractivity contribution >= 4 is 40.0 Å². The largest absolute Gasteiger partial charge is 0.332 e. The summed E-state index contributed by atoms with van der Waals surface area (Å²) in [6.45, 7) is 4.18. The lowest BCUT2D eigenvalue weighted by Crippen LogP contribution is -2.38. The number of anilines is 1. The van der Waals surface area contributed by atoms with Crippen LogP contribution in [0.25, 0.3) is 16.7 Å². The molecule has 196 valence electrons. The van der Waals surface area contributed by atoms with Gasteiger partial charge in [-0.2, -0.15) is 4.80 Å². The first kappa shape index (κ1) is 26.3. The molecule has 5 aromatic rings. The zero-order chi connectivity index (χ0) is 27.2. The fraction of sp³-hybridized carbons (Fsp3) is 0.188. The summed E-state index contributed by atoms with van der Waals surface area (Å²) in [6.07, 6.45) is 3.44. The van der Waals surface area contributed by atoms with Crippen LogP contribution in [0.2, 0.25) is 0 Å². The first-order chi connectivity index (χ1) is 19.0. The first-order valence-electron chi connectivity index (χ1n) is 13.2. The molecule has 0 saturated heterocycles. The van der Waals surface area contributed by atoms with Crippen LogP contribution in [-0.2, 0) is 11.2 Å². The lowest BCUT2D eigenvalue weighted by Gasteiger charge is -2.19. The van der Waals surface area contributed by atoms with Crippen molar-refractivity contribution in [2.75, 3.05) is 5.32 Å². The molecule has 1 heterocycles. The Kier molecular flexibility index (Phi) is 8.08. The first-order valence-corrected chi connectivity index (χ1v) is 13.6. The van der Waals surface area contributed by atoms with Gasteiger partial charge in [0.2, 0.25) is 5.91 Å². The molecule has 1 aromatic heterocycles. The number of aryl methyl sites for hydroxylation is 2. The van der Waals surface area contributed by atoms with Crippen LogP contribution in [-0.4, -0.2) is 26.0 Å². The van der Waals surface area contributed by atoms with Crippen molar-refractivity contribution in [3.05, 3.63) is 119 Å². The molecule has 0 atom stereocenters. The second-order valence-corrected chi connectivity index (χ2v) is 10.0. The highest BCUT2D eigenvalue weighted by molar-refractivity contribution is 7.80. The molecule has 0 bridgehead atoms. The molecule has 0 spiro atoms. The Bertz CT molecular complexity index is 1540. The van der Waals surface area contributed by atoms with Crippen LogP contribution in [0.1, 0.15) is 47.9 Å². The van der Waals surface area contributed by atoms with E-state index in [1.54, 1.807) is 4.80 Å². The predicted octanol–water partition coefficient (Wildman–Crippen LogP) is 6.72. The average Bonchev–Trinajstić information content (AvgIpc) is 3.36. The van der Waals surface area contributed by atoms with Crippen molar-refractivity contribution in [2.45, 2.75) is 39.0 Å². The molecular formula is C32H31N5OS. The van der Waals surface area contributed by atoms with Crippen LogP contribution in [0.15, 0.2) is 97.1 Å².